The molecule has 3 saturated carbocycles. The van der Waals surface area contributed by atoms with Crippen LogP contribution in [-0.2, 0) is 13.1 Å². The van der Waals surface area contributed by atoms with Gasteiger partial charge in [0.25, 0.3) is 0 Å². The zero-order chi connectivity index (χ0) is 14.2. The van der Waals surface area contributed by atoms with Crippen LogP contribution >= 0.6 is 11.3 Å². The molecule has 0 radical (unpaired) electrons. The van der Waals surface area contributed by atoms with Crippen LogP contribution in [0.4, 0.5) is 0 Å². The van der Waals surface area contributed by atoms with E-state index in [0.717, 1.165) is 36.9 Å². The first kappa shape index (κ1) is 14.2. The Morgan fingerprint density at radius 3 is 2.71 bits per heavy atom. The Balaban J connectivity index is 1.25. The van der Waals surface area contributed by atoms with Gasteiger partial charge in [0.15, 0.2) is 0 Å². The molecule has 116 valence electrons. The number of hydrogen-bond donors (Lipinski definition) is 1. The molecule has 1 aromatic rings. The van der Waals surface area contributed by atoms with E-state index >= 15 is 0 Å². The van der Waals surface area contributed by atoms with Crippen LogP contribution in [0.5, 0.6) is 0 Å². The summed E-state index contributed by atoms with van der Waals surface area (Å²) in [4.78, 5) is 5.61. The van der Waals surface area contributed by atoms with Crippen molar-refractivity contribution in [2.45, 2.75) is 57.7 Å². The maximum absolute atomic E-state index is 3.61. The predicted molar refractivity (Wildman–Crippen MR) is 89.5 cm³/mol. The first-order valence-electron chi connectivity index (χ1n) is 8.76. The minimum atomic E-state index is 0.816. The van der Waals surface area contributed by atoms with E-state index < -0.39 is 0 Å². The van der Waals surface area contributed by atoms with E-state index in [1.165, 1.54) is 54.8 Å². The maximum Gasteiger partial charge on any atom is 0.0325 e. The SMILES string of the molecule is CN(Cc1ccc(CNC2CC2)s1)CC1CC2CCC1C2. The van der Waals surface area contributed by atoms with Gasteiger partial charge in [-0.1, -0.05) is 6.42 Å². The second-order valence-corrected chi connectivity index (χ2v) is 8.91. The van der Waals surface area contributed by atoms with Crippen molar-refractivity contribution >= 4 is 11.3 Å². The van der Waals surface area contributed by atoms with Crippen LogP contribution < -0.4 is 5.32 Å². The van der Waals surface area contributed by atoms with Crippen LogP contribution in [0.15, 0.2) is 12.1 Å². The van der Waals surface area contributed by atoms with E-state index in [9.17, 15) is 0 Å². The molecule has 0 aromatic carbocycles. The van der Waals surface area contributed by atoms with Crippen molar-refractivity contribution in [3.63, 3.8) is 0 Å². The molecular weight excluding hydrogens is 276 g/mol. The lowest BCUT2D eigenvalue weighted by atomic mass is 9.88. The van der Waals surface area contributed by atoms with E-state index in [-0.39, 0.29) is 0 Å². The summed E-state index contributed by atoms with van der Waals surface area (Å²) in [6.07, 6.45) is 8.84. The monoisotopic (exact) mass is 304 g/mol. The minimum Gasteiger partial charge on any atom is -0.309 e. The van der Waals surface area contributed by atoms with Gasteiger partial charge in [-0.05, 0) is 69.0 Å². The van der Waals surface area contributed by atoms with Crippen LogP contribution in [0.1, 0.15) is 48.3 Å². The summed E-state index contributed by atoms with van der Waals surface area (Å²) in [6, 6.07) is 5.48. The fraction of sp³-hybridized carbons (Fsp3) is 0.778. The van der Waals surface area contributed by atoms with Crippen LogP contribution in [0.2, 0.25) is 0 Å². The topological polar surface area (TPSA) is 15.3 Å². The molecule has 3 atom stereocenters. The van der Waals surface area contributed by atoms with Gasteiger partial charge in [0.1, 0.15) is 0 Å². The normalized spacial score (nSPS) is 31.4. The predicted octanol–water partition coefficient (Wildman–Crippen LogP) is 3.87. The molecule has 4 rings (SSSR count). The van der Waals surface area contributed by atoms with Crippen molar-refractivity contribution in [2.75, 3.05) is 13.6 Å². The number of nitrogens with zero attached hydrogens (tertiary/aromatic N) is 1. The summed E-state index contributed by atoms with van der Waals surface area (Å²) in [5, 5.41) is 3.61. The molecule has 1 aromatic heterocycles. The lowest BCUT2D eigenvalue weighted by Gasteiger charge is -2.26. The minimum absolute atomic E-state index is 0.816. The number of nitrogens with one attached hydrogen (secondary N) is 1. The van der Waals surface area contributed by atoms with Gasteiger partial charge in [-0.3, -0.25) is 0 Å². The van der Waals surface area contributed by atoms with Crippen molar-refractivity contribution in [1.82, 2.24) is 10.2 Å². The van der Waals surface area contributed by atoms with Crippen LogP contribution in [0.25, 0.3) is 0 Å². The Bertz CT molecular complexity index is 479. The van der Waals surface area contributed by atoms with Gasteiger partial charge in [-0.25, -0.2) is 0 Å². The molecule has 3 heteroatoms. The Morgan fingerprint density at radius 1 is 1.14 bits per heavy atom. The summed E-state index contributed by atoms with van der Waals surface area (Å²) in [6.45, 7) is 3.53. The van der Waals surface area contributed by atoms with Crippen LogP contribution in [0.3, 0.4) is 0 Å². The van der Waals surface area contributed by atoms with Gasteiger partial charge in [0.05, 0.1) is 0 Å². The highest BCUT2D eigenvalue weighted by Crippen LogP contribution is 2.48. The Kier molecular flexibility index (Phi) is 4.08. The molecule has 0 aliphatic heterocycles. The van der Waals surface area contributed by atoms with E-state index in [2.05, 4.69) is 29.4 Å². The average molecular weight is 305 g/mol. The molecule has 1 N–H and O–H groups in total. The molecular formula is C18H28N2S. The molecule has 21 heavy (non-hydrogen) atoms. The number of fused-ring (bicyclic) bond motifs is 2. The first-order valence-corrected chi connectivity index (χ1v) is 9.57. The molecule has 3 aliphatic rings. The standard InChI is InChI=1S/C18H28N2S/c1-20(11-15-9-13-2-3-14(15)8-13)12-18-7-6-17(21-18)10-19-16-4-5-16/h6-7,13-16,19H,2-5,8-12H2,1H3. The summed E-state index contributed by atoms with van der Waals surface area (Å²) in [5.74, 6) is 3.12. The second-order valence-electron chi connectivity index (χ2n) is 7.65. The Morgan fingerprint density at radius 2 is 2.00 bits per heavy atom. The van der Waals surface area contributed by atoms with Gasteiger partial charge in [-0.15, -0.1) is 11.3 Å². The van der Waals surface area contributed by atoms with Gasteiger partial charge in [-0.2, -0.15) is 0 Å². The molecule has 3 aliphatic carbocycles. The van der Waals surface area contributed by atoms with Crippen molar-refractivity contribution in [1.29, 1.82) is 0 Å². The zero-order valence-electron chi connectivity index (χ0n) is 13.2. The highest BCUT2D eigenvalue weighted by atomic mass is 32.1. The third-order valence-electron chi connectivity index (χ3n) is 5.72. The summed E-state index contributed by atoms with van der Waals surface area (Å²) < 4.78 is 0. The van der Waals surface area contributed by atoms with Gasteiger partial charge in [0.2, 0.25) is 0 Å². The van der Waals surface area contributed by atoms with Crippen molar-refractivity contribution in [2.24, 2.45) is 17.8 Å². The van der Waals surface area contributed by atoms with Crippen LogP contribution in [0, 0.1) is 17.8 Å². The fourth-order valence-corrected chi connectivity index (χ4v) is 5.52. The molecule has 3 unspecified atom stereocenters. The molecule has 2 bridgehead atoms. The number of hydrogen-bond acceptors (Lipinski definition) is 3. The Hall–Kier alpha value is -0.380. The summed E-state index contributed by atoms with van der Waals surface area (Å²) in [5.41, 5.74) is 0. The first-order chi connectivity index (χ1) is 10.3. The van der Waals surface area contributed by atoms with E-state index in [0.29, 0.717) is 0 Å². The van der Waals surface area contributed by atoms with Crippen LogP contribution in [-0.4, -0.2) is 24.5 Å². The largest absolute Gasteiger partial charge is 0.309 e. The van der Waals surface area contributed by atoms with Crippen molar-refractivity contribution in [3.8, 4) is 0 Å². The van der Waals surface area contributed by atoms with E-state index in [1.54, 1.807) is 0 Å². The van der Waals surface area contributed by atoms with Gasteiger partial charge in [0, 0.05) is 35.4 Å². The fourth-order valence-electron chi connectivity index (χ4n) is 4.47. The lowest BCUT2D eigenvalue weighted by molar-refractivity contribution is 0.216. The molecule has 0 spiro atoms. The Labute approximate surface area is 132 Å². The third-order valence-corrected chi connectivity index (χ3v) is 6.79. The van der Waals surface area contributed by atoms with Crippen molar-refractivity contribution < 1.29 is 0 Å². The van der Waals surface area contributed by atoms with E-state index in [1.807, 2.05) is 11.3 Å². The number of thiophene rings is 1. The zero-order valence-corrected chi connectivity index (χ0v) is 14.0. The average Bonchev–Trinajstić information content (AvgIpc) is 2.86. The van der Waals surface area contributed by atoms with Gasteiger partial charge < -0.3 is 10.2 Å². The highest BCUT2D eigenvalue weighted by Gasteiger charge is 2.39. The number of rotatable bonds is 7. The highest BCUT2D eigenvalue weighted by molar-refractivity contribution is 7.11. The molecule has 3 fully saturated rings. The lowest BCUT2D eigenvalue weighted by Crippen LogP contribution is -2.28. The third kappa shape index (κ3) is 3.52. The summed E-state index contributed by atoms with van der Waals surface area (Å²) in [7, 11) is 2.31. The van der Waals surface area contributed by atoms with Gasteiger partial charge >= 0.3 is 0 Å². The molecule has 1 heterocycles. The molecule has 0 saturated heterocycles. The summed E-state index contributed by atoms with van der Waals surface area (Å²) >= 11 is 2.00. The smallest absolute Gasteiger partial charge is 0.0325 e. The maximum atomic E-state index is 3.61. The van der Waals surface area contributed by atoms with E-state index in [4.69, 9.17) is 0 Å². The second kappa shape index (κ2) is 6.02. The quantitative estimate of drug-likeness (QED) is 0.822. The van der Waals surface area contributed by atoms with Crippen molar-refractivity contribution in [3.05, 3.63) is 21.9 Å². The molecule has 0 amide bonds. The molecule has 2 nitrogen and oxygen atoms in total.